The molecule has 0 amide bonds. The minimum Gasteiger partial charge on any atom is -0.478 e. The van der Waals surface area contributed by atoms with Gasteiger partial charge in [-0.05, 0) is 37.5 Å². The molecule has 1 aromatic rings. The molecule has 1 unspecified atom stereocenters. The van der Waals surface area contributed by atoms with E-state index in [0.717, 1.165) is 22.4 Å². The number of carbonyl (C=O) groups excluding carboxylic acids is 1. The second kappa shape index (κ2) is 5.66. The van der Waals surface area contributed by atoms with Crippen LogP contribution in [0.5, 0.6) is 0 Å². The first-order chi connectivity index (χ1) is 10.9. The van der Waals surface area contributed by atoms with Crippen LogP contribution in [0.15, 0.2) is 40.7 Å². The number of carboxylic acids is 1. The van der Waals surface area contributed by atoms with Crippen LogP contribution >= 0.6 is 0 Å². The summed E-state index contributed by atoms with van der Waals surface area (Å²) in [5, 5.41) is 15.9. The van der Waals surface area contributed by atoms with Gasteiger partial charge < -0.3 is 15.7 Å². The summed E-state index contributed by atoms with van der Waals surface area (Å²) in [7, 11) is 0. The van der Waals surface area contributed by atoms with E-state index in [9.17, 15) is 14.7 Å². The Hall–Kier alpha value is -2.40. The Morgan fingerprint density at radius 2 is 1.96 bits per heavy atom. The fourth-order valence-corrected chi connectivity index (χ4v) is 3.44. The quantitative estimate of drug-likeness (QED) is 0.776. The Kier molecular flexibility index (Phi) is 3.82. The minimum absolute atomic E-state index is 0.0455. The summed E-state index contributed by atoms with van der Waals surface area (Å²) in [6, 6.07) is 5.84. The predicted octanol–water partition coefficient (Wildman–Crippen LogP) is 1.78. The summed E-state index contributed by atoms with van der Waals surface area (Å²) >= 11 is 0. The Morgan fingerprint density at radius 3 is 2.65 bits per heavy atom. The Bertz CT molecular complexity index is 774. The molecule has 5 nitrogen and oxygen atoms in total. The zero-order valence-corrected chi connectivity index (χ0v) is 13.5. The maximum atomic E-state index is 12.5. The molecule has 23 heavy (non-hydrogen) atoms. The maximum Gasteiger partial charge on any atom is 0.334 e. The van der Waals surface area contributed by atoms with Crippen LogP contribution in [-0.2, 0) is 9.59 Å². The van der Waals surface area contributed by atoms with E-state index in [1.165, 1.54) is 0 Å². The predicted molar refractivity (Wildman–Crippen MR) is 87.0 cm³/mol. The fraction of sp³-hybridized carbons (Fsp3) is 0.333. The van der Waals surface area contributed by atoms with Gasteiger partial charge in [-0.25, -0.2) is 4.79 Å². The molecule has 0 saturated carbocycles. The summed E-state index contributed by atoms with van der Waals surface area (Å²) in [5.41, 5.74) is 5.24. The SMILES string of the molecule is CC1=C(C(=O)O)C(c2cccc(C)c2C)C2=C(CNCC2=O)N1. The van der Waals surface area contributed by atoms with Gasteiger partial charge in [0.15, 0.2) is 5.78 Å². The van der Waals surface area contributed by atoms with Gasteiger partial charge in [-0.1, -0.05) is 18.2 Å². The van der Waals surface area contributed by atoms with Crippen molar-refractivity contribution in [3.05, 3.63) is 57.4 Å². The molecule has 120 valence electrons. The third kappa shape index (κ3) is 2.47. The molecule has 3 N–H and O–H groups in total. The average Bonchev–Trinajstić information content (AvgIpc) is 2.48. The molecule has 2 aliphatic heterocycles. The maximum absolute atomic E-state index is 12.5. The number of carbonyl (C=O) groups is 2. The summed E-state index contributed by atoms with van der Waals surface area (Å²) in [4.78, 5) is 24.4. The highest BCUT2D eigenvalue weighted by Gasteiger charge is 2.39. The average molecular weight is 312 g/mol. The number of hydrogen-bond donors (Lipinski definition) is 3. The number of Topliss-reactive ketones (excluding diaryl/α,β-unsaturated/α-hetero) is 1. The summed E-state index contributed by atoms with van der Waals surface area (Å²) < 4.78 is 0. The van der Waals surface area contributed by atoms with Crippen molar-refractivity contribution in [3.63, 3.8) is 0 Å². The number of dihydropyridines is 1. The van der Waals surface area contributed by atoms with Crippen molar-refractivity contribution >= 4 is 11.8 Å². The monoisotopic (exact) mass is 312 g/mol. The molecule has 2 aliphatic rings. The van der Waals surface area contributed by atoms with Crippen molar-refractivity contribution in [2.45, 2.75) is 26.7 Å². The number of carboxylic acid groups (broad SMARTS) is 1. The van der Waals surface area contributed by atoms with Gasteiger partial charge in [0.25, 0.3) is 0 Å². The van der Waals surface area contributed by atoms with Gasteiger partial charge in [0.2, 0.25) is 0 Å². The molecule has 0 saturated heterocycles. The van der Waals surface area contributed by atoms with Gasteiger partial charge in [-0.15, -0.1) is 0 Å². The van der Waals surface area contributed by atoms with Gasteiger partial charge in [0, 0.05) is 29.4 Å². The van der Waals surface area contributed by atoms with Crippen LogP contribution in [0.2, 0.25) is 0 Å². The van der Waals surface area contributed by atoms with Crippen LogP contribution in [0, 0.1) is 13.8 Å². The van der Waals surface area contributed by atoms with E-state index < -0.39 is 11.9 Å². The van der Waals surface area contributed by atoms with Crippen LogP contribution < -0.4 is 10.6 Å². The molecule has 5 heteroatoms. The molecule has 0 radical (unpaired) electrons. The van der Waals surface area contributed by atoms with Crippen molar-refractivity contribution in [2.24, 2.45) is 0 Å². The van der Waals surface area contributed by atoms with Gasteiger partial charge in [-0.3, -0.25) is 4.79 Å². The van der Waals surface area contributed by atoms with E-state index in [-0.39, 0.29) is 17.9 Å². The summed E-state index contributed by atoms with van der Waals surface area (Å²) in [6.07, 6.45) is 0. The van der Waals surface area contributed by atoms with Gasteiger partial charge in [0.1, 0.15) is 0 Å². The Morgan fingerprint density at radius 1 is 1.22 bits per heavy atom. The number of hydrogen-bond acceptors (Lipinski definition) is 4. The van der Waals surface area contributed by atoms with Crippen LogP contribution in [0.3, 0.4) is 0 Å². The van der Waals surface area contributed by atoms with Crippen LogP contribution in [0.25, 0.3) is 0 Å². The highest BCUT2D eigenvalue weighted by molar-refractivity contribution is 6.04. The number of rotatable bonds is 2. The van der Waals surface area contributed by atoms with Gasteiger partial charge in [0.05, 0.1) is 12.1 Å². The van der Waals surface area contributed by atoms with E-state index in [1.54, 1.807) is 6.92 Å². The normalized spacial score (nSPS) is 21.2. The number of aryl methyl sites for hydroxylation is 1. The first-order valence-electron chi connectivity index (χ1n) is 7.66. The Balaban J connectivity index is 2.27. The van der Waals surface area contributed by atoms with Crippen molar-refractivity contribution in [2.75, 3.05) is 13.1 Å². The minimum atomic E-state index is -0.987. The van der Waals surface area contributed by atoms with Crippen LogP contribution in [0.1, 0.15) is 29.5 Å². The molecule has 3 rings (SSSR count). The van der Waals surface area contributed by atoms with E-state index >= 15 is 0 Å². The summed E-state index contributed by atoms with van der Waals surface area (Å²) in [5.74, 6) is -1.55. The molecule has 0 fully saturated rings. The lowest BCUT2D eigenvalue weighted by atomic mass is 9.76. The molecule has 1 aromatic carbocycles. The van der Waals surface area contributed by atoms with Crippen molar-refractivity contribution < 1.29 is 14.7 Å². The number of aliphatic carboxylic acids is 1. The zero-order valence-electron chi connectivity index (χ0n) is 13.5. The van der Waals surface area contributed by atoms with E-state index in [4.69, 9.17) is 0 Å². The highest BCUT2D eigenvalue weighted by Crippen LogP contribution is 2.40. The van der Waals surface area contributed by atoms with E-state index in [2.05, 4.69) is 10.6 Å². The molecule has 2 heterocycles. The van der Waals surface area contributed by atoms with E-state index in [0.29, 0.717) is 17.8 Å². The summed E-state index contributed by atoms with van der Waals surface area (Å²) in [6.45, 7) is 6.52. The molecule has 1 atom stereocenters. The molecule has 0 spiro atoms. The third-order valence-electron chi connectivity index (χ3n) is 4.72. The number of benzene rings is 1. The zero-order chi connectivity index (χ0) is 16.7. The molecule has 0 aliphatic carbocycles. The largest absolute Gasteiger partial charge is 0.478 e. The van der Waals surface area contributed by atoms with Crippen molar-refractivity contribution in [3.8, 4) is 0 Å². The van der Waals surface area contributed by atoms with Crippen molar-refractivity contribution in [1.82, 2.24) is 10.6 Å². The standard InChI is InChI=1S/C18H20N2O3/c1-9-5-4-6-12(10(9)2)16-15(18(22)23)11(3)20-13-7-19-8-14(21)17(13)16/h4-6,16,19-20H,7-8H2,1-3H3,(H,22,23). The van der Waals surface area contributed by atoms with Crippen molar-refractivity contribution in [1.29, 1.82) is 0 Å². The topological polar surface area (TPSA) is 78.4 Å². The van der Waals surface area contributed by atoms with E-state index in [1.807, 2.05) is 32.0 Å². The molecular weight excluding hydrogens is 292 g/mol. The lowest BCUT2D eigenvalue weighted by molar-refractivity contribution is -0.133. The molecule has 0 bridgehead atoms. The highest BCUT2D eigenvalue weighted by atomic mass is 16.4. The third-order valence-corrected chi connectivity index (χ3v) is 4.72. The smallest absolute Gasteiger partial charge is 0.334 e. The van der Waals surface area contributed by atoms with Gasteiger partial charge in [-0.2, -0.15) is 0 Å². The second-order valence-electron chi connectivity index (χ2n) is 6.11. The second-order valence-corrected chi connectivity index (χ2v) is 6.11. The van der Waals surface area contributed by atoms with Crippen LogP contribution in [0.4, 0.5) is 0 Å². The fourth-order valence-electron chi connectivity index (χ4n) is 3.44. The molecule has 0 aromatic heterocycles. The first-order valence-corrected chi connectivity index (χ1v) is 7.66. The number of nitrogens with one attached hydrogen (secondary N) is 2. The van der Waals surface area contributed by atoms with Gasteiger partial charge >= 0.3 is 5.97 Å². The lowest BCUT2D eigenvalue weighted by Gasteiger charge is -2.34. The van der Waals surface area contributed by atoms with Crippen LogP contribution in [-0.4, -0.2) is 29.9 Å². The lowest BCUT2D eigenvalue weighted by Crippen LogP contribution is -2.43. The number of allylic oxidation sites excluding steroid dienone is 1. The first kappa shape index (κ1) is 15.5. The molecular formula is C18H20N2O3. The number of ketones is 1. The Labute approximate surface area is 135 Å².